The van der Waals surface area contributed by atoms with Crippen molar-refractivity contribution in [3.05, 3.63) is 47.2 Å². The summed E-state index contributed by atoms with van der Waals surface area (Å²) in [6.07, 6.45) is 0.924. The molecule has 116 valence electrons. The van der Waals surface area contributed by atoms with Crippen molar-refractivity contribution in [2.24, 2.45) is 11.1 Å². The van der Waals surface area contributed by atoms with Crippen LogP contribution >= 0.6 is 11.6 Å². The van der Waals surface area contributed by atoms with Crippen molar-refractivity contribution in [2.45, 2.75) is 13.3 Å². The number of benzene rings is 1. The topological polar surface area (TPSA) is 59.5 Å². The fraction of sp³-hybridized carbons (Fsp3) is 0.353. The van der Waals surface area contributed by atoms with Gasteiger partial charge in [-0.1, -0.05) is 30.7 Å². The Bertz CT molecular complexity index is 697. The second-order valence-corrected chi connectivity index (χ2v) is 6.54. The van der Waals surface area contributed by atoms with Crippen molar-refractivity contribution >= 4 is 17.5 Å². The number of carbonyl (C=O) groups is 1. The maximum Gasteiger partial charge on any atom is 0.289 e. The van der Waals surface area contributed by atoms with Gasteiger partial charge in [0.05, 0.1) is 5.02 Å². The van der Waals surface area contributed by atoms with Crippen molar-refractivity contribution in [1.29, 1.82) is 0 Å². The van der Waals surface area contributed by atoms with E-state index in [1.165, 1.54) is 0 Å². The highest BCUT2D eigenvalue weighted by molar-refractivity contribution is 6.33. The molecule has 1 aromatic heterocycles. The van der Waals surface area contributed by atoms with Gasteiger partial charge >= 0.3 is 0 Å². The molecule has 2 aromatic rings. The van der Waals surface area contributed by atoms with Crippen molar-refractivity contribution in [3.8, 4) is 11.3 Å². The smallest absolute Gasteiger partial charge is 0.289 e. The van der Waals surface area contributed by atoms with Crippen molar-refractivity contribution < 1.29 is 9.21 Å². The Labute approximate surface area is 134 Å². The highest BCUT2D eigenvalue weighted by Crippen LogP contribution is 2.32. The minimum absolute atomic E-state index is 0.00776. The zero-order chi connectivity index (χ0) is 15.7. The first kappa shape index (κ1) is 15.1. The molecule has 1 fully saturated rings. The summed E-state index contributed by atoms with van der Waals surface area (Å²) in [6, 6.07) is 10.9. The van der Waals surface area contributed by atoms with Gasteiger partial charge in [0.2, 0.25) is 0 Å². The molecule has 3 rings (SSSR count). The van der Waals surface area contributed by atoms with Gasteiger partial charge in [-0.05, 0) is 42.6 Å². The Balaban J connectivity index is 1.80. The molecule has 4 nitrogen and oxygen atoms in total. The van der Waals surface area contributed by atoms with Gasteiger partial charge in [-0.25, -0.2) is 0 Å². The Kier molecular flexibility index (Phi) is 3.98. The molecular weight excluding hydrogens is 300 g/mol. The van der Waals surface area contributed by atoms with Crippen molar-refractivity contribution in [3.63, 3.8) is 0 Å². The van der Waals surface area contributed by atoms with Gasteiger partial charge in [0.25, 0.3) is 5.91 Å². The lowest BCUT2D eigenvalue weighted by Crippen LogP contribution is -2.34. The fourth-order valence-corrected chi connectivity index (χ4v) is 3.01. The number of furan rings is 1. The van der Waals surface area contributed by atoms with Gasteiger partial charge in [0.1, 0.15) is 5.76 Å². The zero-order valence-electron chi connectivity index (χ0n) is 12.5. The maximum atomic E-state index is 12.5. The fourth-order valence-electron chi connectivity index (χ4n) is 2.78. The summed E-state index contributed by atoms with van der Waals surface area (Å²) in [5, 5.41) is 0.604. The van der Waals surface area contributed by atoms with Gasteiger partial charge < -0.3 is 15.1 Å². The minimum Gasteiger partial charge on any atom is -0.451 e. The summed E-state index contributed by atoms with van der Waals surface area (Å²) in [4.78, 5) is 14.3. The number of halogens is 1. The minimum atomic E-state index is -0.0875. The molecule has 0 spiro atoms. The Morgan fingerprint density at radius 1 is 1.36 bits per heavy atom. The molecule has 1 atom stereocenters. The second-order valence-electron chi connectivity index (χ2n) is 6.14. The van der Waals surface area contributed by atoms with Crippen LogP contribution in [0.2, 0.25) is 5.02 Å². The number of hydrogen-bond acceptors (Lipinski definition) is 3. The normalized spacial score (nSPS) is 21.3. The summed E-state index contributed by atoms with van der Waals surface area (Å²) in [5.74, 6) is 0.862. The number of likely N-dealkylation sites (tertiary alicyclic amines) is 1. The molecule has 1 aromatic carbocycles. The average Bonchev–Trinajstić information content (AvgIpc) is 3.15. The van der Waals surface area contributed by atoms with Gasteiger partial charge in [-0.3, -0.25) is 4.79 Å². The lowest BCUT2D eigenvalue weighted by atomic mass is 9.90. The lowest BCUT2D eigenvalue weighted by Gasteiger charge is -2.21. The van der Waals surface area contributed by atoms with Crippen LogP contribution < -0.4 is 5.73 Å². The van der Waals surface area contributed by atoms with E-state index in [4.69, 9.17) is 21.8 Å². The van der Waals surface area contributed by atoms with Gasteiger partial charge in [-0.15, -0.1) is 0 Å². The molecule has 0 saturated carbocycles. The number of hydrogen-bond donors (Lipinski definition) is 1. The number of nitrogens with two attached hydrogens (primary N) is 1. The monoisotopic (exact) mass is 318 g/mol. The van der Waals surface area contributed by atoms with E-state index in [9.17, 15) is 4.79 Å². The van der Waals surface area contributed by atoms with Crippen LogP contribution in [0.1, 0.15) is 23.9 Å². The molecule has 1 amide bonds. The first-order valence-electron chi connectivity index (χ1n) is 7.36. The van der Waals surface area contributed by atoms with Crippen LogP contribution in [0, 0.1) is 5.41 Å². The first-order chi connectivity index (χ1) is 10.5. The van der Waals surface area contributed by atoms with E-state index >= 15 is 0 Å². The van der Waals surface area contributed by atoms with E-state index in [2.05, 4.69) is 6.92 Å². The zero-order valence-corrected chi connectivity index (χ0v) is 13.3. The van der Waals surface area contributed by atoms with E-state index < -0.39 is 0 Å². The van der Waals surface area contributed by atoms with Gasteiger partial charge in [-0.2, -0.15) is 0 Å². The van der Waals surface area contributed by atoms with Crippen molar-refractivity contribution in [1.82, 2.24) is 4.90 Å². The molecule has 2 N–H and O–H groups in total. The van der Waals surface area contributed by atoms with E-state index in [-0.39, 0.29) is 11.3 Å². The number of rotatable bonds is 3. The largest absolute Gasteiger partial charge is 0.451 e. The average molecular weight is 319 g/mol. The van der Waals surface area contributed by atoms with Gasteiger partial charge in [0, 0.05) is 18.7 Å². The van der Waals surface area contributed by atoms with E-state index in [0.29, 0.717) is 36.2 Å². The molecular formula is C17H19ClN2O2. The molecule has 1 saturated heterocycles. The van der Waals surface area contributed by atoms with Crippen LogP contribution in [0.25, 0.3) is 11.3 Å². The van der Waals surface area contributed by atoms with E-state index in [1.54, 1.807) is 18.2 Å². The summed E-state index contributed by atoms with van der Waals surface area (Å²) in [5.41, 5.74) is 6.59. The van der Waals surface area contributed by atoms with Crippen LogP contribution in [0.5, 0.6) is 0 Å². The second kappa shape index (κ2) is 5.78. The SMILES string of the molecule is CC1(CN)CCN(C(=O)c2ccc(-c3ccccc3Cl)o2)C1. The van der Waals surface area contributed by atoms with Crippen LogP contribution in [0.3, 0.4) is 0 Å². The van der Waals surface area contributed by atoms with Crippen LogP contribution in [0.15, 0.2) is 40.8 Å². The number of carbonyl (C=O) groups excluding carboxylic acids is 1. The van der Waals surface area contributed by atoms with Crippen molar-refractivity contribution in [2.75, 3.05) is 19.6 Å². The number of nitrogens with zero attached hydrogens (tertiary/aromatic N) is 1. The summed E-state index contributed by atoms with van der Waals surface area (Å²) < 4.78 is 5.72. The predicted octanol–water partition coefficient (Wildman–Crippen LogP) is 3.41. The molecule has 0 radical (unpaired) electrons. The van der Waals surface area contributed by atoms with Crippen LogP contribution in [-0.2, 0) is 0 Å². The standard InChI is InChI=1S/C17H19ClN2O2/c1-17(10-19)8-9-20(11-17)16(21)15-7-6-14(22-15)12-4-2-3-5-13(12)18/h2-7H,8-11,19H2,1H3. The van der Waals surface area contributed by atoms with E-state index in [1.807, 2.05) is 23.1 Å². The molecule has 2 heterocycles. The summed E-state index contributed by atoms with van der Waals surface area (Å²) in [7, 11) is 0. The molecule has 0 bridgehead atoms. The molecule has 22 heavy (non-hydrogen) atoms. The molecule has 1 unspecified atom stereocenters. The Morgan fingerprint density at radius 3 is 2.82 bits per heavy atom. The molecule has 0 aliphatic carbocycles. The van der Waals surface area contributed by atoms with Crippen LogP contribution in [-0.4, -0.2) is 30.4 Å². The molecule has 5 heteroatoms. The van der Waals surface area contributed by atoms with E-state index in [0.717, 1.165) is 12.0 Å². The predicted molar refractivity (Wildman–Crippen MR) is 86.8 cm³/mol. The molecule has 1 aliphatic rings. The summed E-state index contributed by atoms with van der Waals surface area (Å²) >= 11 is 6.16. The van der Waals surface area contributed by atoms with Crippen LogP contribution in [0.4, 0.5) is 0 Å². The third-order valence-electron chi connectivity index (χ3n) is 4.29. The summed E-state index contributed by atoms with van der Waals surface area (Å²) in [6.45, 7) is 4.08. The third kappa shape index (κ3) is 2.76. The first-order valence-corrected chi connectivity index (χ1v) is 7.74. The Hall–Kier alpha value is -1.78. The molecule has 1 aliphatic heterocycles. The quantitative estimate of drug-likeness (QED) is 0.943. The number of amides is 1. The highest BCUT2D eigenvalue weighted by atomic mass is 35.5. The Morgan fingerprint density at radius 2 is 2.14 bits per heavy atom. The van der Waals surface area contributed by atoms with Gasteiger partial charge in [0.15, 0.2) is 5.76 Å². The third-order valence-corrected chi connectivity index (χ3v) is 4.62. The maximum absolute atomic E-state index is 12.5. The lowest BCUT2D eigenvalue weighted by molar-refractivity contribution is 0.0746. The highest BCUT2D eigenvalue weighted by Gasteiger charge is 2.36.